The Labute approximate surface area is 387 Å². The van der Waals surface area contributed by atoms with E-state index < -0.39 is 5.41 Å². The molecule has 66 heavy (non-hydrogen) atoms. The molecular formula is C65H47N. The van der Waals surface area contributed by atoms with Crippen LogP contribution in [0.5, 0.6) is 0 Å². The van der Waals surface area contributed by atoms with Crippen LogP contribution in [0, 0.1) is 0 Å². The molecular weight excluding hydrogens is 795 g/mol. The van der Waals surface area contributed by atoms with E-state index in [9.17, 15) is 0 Å². The second-order valence-electron chi connectivity index (χ2n) is 19.9. The van der Waals surface area contributed by atoms with Gasteiger partial charge in [0.25, 0.3) is 0 Å². The van der Waals surface area contributed by atoms with Crippen LogP contribution in [-0.2, 0) is 16.2 Å². The van der Waals surface area contributed by atoms with Crippen molar-refractivity contribution in [3.63, 3.8) is 0 Å². The molecule has 0 saturated carbocycles. The maximum atomic E-state index is 2.63. The molecule has 4 aliphatic rings. The molecule has 0 radical (unpaired) electrons. The molecule has 312 valence electrons. The lowest BCUT2D eigenvalue weighted by molar-refractivity contribution is 0.660. The van der Waals surface area contributed by atoms with Crippen molar-refractivity contribution < 1.29 is 0 Å². The Balaban J connectivity index is 1.15. The number of hydrogen-bond acceptors (Lipinski definition) is 1. The van der Waals surface area contributed by atoms with E-state index in [1.165, 1.54) is 117 Å². The zero-order chi connectivity index (χ0) is 44.1. The molecule has 4 aliphatic carbocycles. The molecule has 1 spiro atoms. The van der Waals surface area contributed by atoms with Gasteiger partial charge >= 0.3 is 0 Å². The van der Waals surface area contributed by atoms with Gasteiger partial charge in [-0.05, 0) is 124 Å². The monoisotopic (exact) mass is 841 g/mol. The van der Waals surface area contributed by atoms with Crippen molar-refractivity contribution >= 4 is 27.8 Å². The van der Waals surface area contributed by atoms with E-state index in [2.05, 4.69) is 245 Å². The Bertz CT molecular complexity index is 3560. The maximum Gasteiger partial charge on any atom is 0.0731 e. The van der Waals surface area contributed by atoms with Gasteiger partial charge in [0.05, 0.1) is 11.1 Å². The summed E-state index contributed by atoms with van der Waals surface area (Å²) >= 11 is 0. The summed E-state index contributed by atoms with van der Waals surface area (Å²) in [6.45, 7) is 9.59. The van der Waals surface area contributed by atoms with Crippen LogP contribution >= 0.6 is 0 Å². The van der Waals surface area contributed by atoms with Crippen LogP contribution in [0.3, 0.4) is 0 Å². The highest BCUT2D eigenvalue weighted by Gasteiger charge is 2.54. The summed E-state index contributed by atoms with van der Waals surface area (Å²) in [5.74, 6) is 0. The highest BCUT2D eigenvalue weighted by Crippen LogP contribution is 2.67. The minimum Gasteiger partial charge on any atom is -0.309 e. The fraction of sp³-hybridized carbons (Fsp3) is 0.108. The molecule has 0 heterocycles. The minimum atomic E-state index is -0.516. The smallest absolute Gasteiger partial charge is 0.0731 e. The van der Waals surface area contributed by atoms with Gasteiger partial charge in [-0.25, -0.2) is 0 Å². The summed E-state index contributed by atoms with van der Waals surface area (Å²) in [7, 11) is 0. The third kappa shape index (κ3) is 4.65. The lowest BCUT2D eigenvalue weighted by Gasteiger charge is -2.35. The Kier molecular flexibility index (Phi) is 7.51. The summed E-state index contributed by atoms with van der Waals surface area (Å²) in [5.41, 5.74) is 26.5. The number of benzene rings is 10. The van der Waals surface area contributed by atoms with Crippen molar-refractivity contribution in [1.29, 1.82) is 0 Å². The minimum absolute atomic E-state index is 0.175. The van der Waals surface area contributed by atoms with Crippen LogP contribution in [0.4, 0.5) is 17.1 Å². The number of nitrogens with zero attached hydrogens (tertiary/aromatic N) is 1. The van der Waals surface area contributed by atoms with Gasteiger partial charge in [-0.1, -0.05) is 216 Å². The first kappa shape index (κ1) is 37.6. The Morgan fingerprint density at radius 1 is 0.303 bits per heavy atom. The van der Waals surface area contributed by atoms with E-state index >= 15 is 0 Å². The van der Waals surface area contributed by atoms with E-state index in [0.29, 0.717) is 0 Å². The van der Waals surface area contributed by atoms with Crippen molar-refractivity contribution in [2.45, 2.75) is 43.9 Å². The van der Waals surface area contributed by atoms with E-state index in [4.69, 9.17) is 0 Å². The van der Waals surface area contributed by atoms with Crippen LogP contribution in [0.2, 0.25) is 0 Å². The Hall–Kier alpha value is -7.74. The van der Waals surface area contributed by atoms with Gasteiger partial charge in [-0.3, -0.25) is 0 Å². The number of rotatable bonds is 4. The zero-order valence-electron chi connectivity index (χ0n) is 37.7. The first-order valence-electron chi connectivity index (χ1n) is 23.5. The topological polar surface area (TPSA) is 3.24 Å². The average molecular weight is 842 g/mol. The van der Waals surface area contributed by atoms with Gasteiger partial charge in [0.2, 0.25) is 0 Å². The summed E-state index contributed by atoms with van der Waals surface area (Å²) in [4.78, 5) is 2.63. The normalized spacial score (nSPS) is 15.3. The molecule has 0 atom stereocenters. The summed E-state index contributed by atoms with van der Waals surface area (Å²) in [6.07, 6.45) is 0. The third-order valence-corrected chi connectivity index (χ3v) is 16.1. The van der Waals surface area contributed by atoms with Crippen LogP contribution in [0.1, 0.15) is 72.2 Å². The van der Waals surface area contributed by atoms with Gasteiger partial charge in [0, 0.05) is 33.2 Å². The molecule has 10 aromatic rings. The van der Waals surface area contributed by atoms with E-state index in [-0.39, 0.29) is 10.8 Å². The lowest BCUT2D eigenvalue weighted by atomic mass is 9.69. The third-order valence-electron chi connectivity index (χ3n) is 16.1. The summed E-state index contributed by atoms with van der Waals surface area (Å²) < 4.78 is 0. The van der Waals surface area contributed by atoms with Crippen LogP contribution in [0.25, 0.3) is 66.4 Å². The van der Waals surface area contributed by atoms with Crippen molar-refractivity contribution in [3.05, 3.63) is 257 Å². The molecule has 1 nitrogen and oxygen atoms in total. The molecule has 0 N–H and O–H groups in total. The highest BCUT2D eigenvalue weighted by atomic mass is 15.1. The largest absolute Gasteiger partial charge is 0.309 e. The fourth-order valence-electron chi connectivity index (χ4n) is 13.2. The first-order valence-corrected chi connectivity index (χ1v) is 23.5. The van der Waals surface area contributed by atoms with E-state index in [1.807, 2.05) is 0 Å². The lowest BCUT2D eigenvalue weighted by Crippen LogP contribution is -2.26. The second-order valence-corrected chi connectivity index (χ2v) is 19.9. The van der Waals surface area contributed by atoms with Gasteiger partial charge in [0.1, 0.15) is 0 Å². The van der Waals surface area contributed by atoms with Crippen molar-refractivity contribution in [2.75, 3.05) is 4.90 Å². The van der Waals surface area contributed by atoms with Gasteiger partial charge < -0.3 is 4.90 Å². The molecule has 0 aromatic heterocycles. The standard InChI is InChI=1S/C65H47N/c1-63(2)52-29-15-10-22-43(52)47-36-34-41(38-57(47)63)66(42-35-37-48-44-23-11-16-30-53(44)64(3,4)58(48)39-42)62-50-27-9-8-26-49(50)61-60(59(62)40-20-6-5-7-21-40)51-28-14-19-33-56(51)65(61)54-31-17-12-24-45(54)46-25-13-18-32-55(46)65/h5-39H,1-4H3. The first-order chi connectivity index (χ1) is 32.3. The van der Waals surface area contributed by atoms with Crippen LogP contribution in [0.15, 0.2) is 212 Å². The molecule has 0 bridgehead atoms. The predicted molar refractivity (Wildman–Crippen MR) is 275 cm³/mol. The summed E-state index contributed by atoms with van der Waals surface area (Å²) in [5, 5.41) is 2.51. The molecule has 10 aromatic carbocycles. The molecule has 14 rings (SSSR count). The molecule has 0 aliphatic heterocycles. The van der Waals surface area contributed by atoms with Crippen molar-refractivity contribution in [2.24, 2.45) is 0 Å². The van der Waals surface area contributed by atoms with Gasteiger partial charge in [-0.15, -0.1) is 0 Å². The van der Waals surface area contributed by atoms with Crippen LogP contribution < -0.4 is 4.90 Å². The quantitative estimate of drug-likeness (QED) is 0.171. The number of hydrogen-bond donors (Lipinski definition) is 0. The van der Waals surface area contributed by atoms with E-state index in [1.54, 1.807) is 0 Å². The average Bonchev–Trinajstić information content (AvgIpc) is 4.00. The zero-order valence-corrected chi connectivity index (χ0v) is 37.7. The fourth-order valence-corrected chi connectivity index (χ4v) is 13.2. The predicted octanol–water partition coefficient (Wildman–Crippen LogP) is 16.9. The van der Waals surface area contributed by atoms with Gasteiger partial charge in [0.15, 0.2) is 0 Å². The van der Waals surface area contributed by atoms with E-state index in [0.717, 1.165) is 11.4 Å². The number of anilines is 3. The molecule has 0 fully saturated rings. The molecule has 1 heteroatoms. The summed E-state index contributed by atoms with van der Waals surface area (Å²) in [6, 6.07) is 80.8. The van der Waals surface area contributed by atoms with Gasteiger partial charge in [-0.2, -0.15) is 0 Å². The molecule has 0 amide bonds. The Morgan fingerprint density at radius 2 is 0.682 bits per heavy atom. The number of fused-ring (bicyclic) bond motifs is 18. The highest BCUT2D eigenvalue weighted by molar-refractivity contribution is 6.18. The van der Waals surface area contributed by atoms with Crippen molar-refractivity contribution in [3.8, 4) is 55.6 Å². The second kappa shape index (κ2) is 13.2. The molecule has 0 saturated heterocycles. The van der Waals surface area contributed by atoms with Crippen LogP contribution in [-0.4, -0.2) is 0 Å². The SMILES string of the molecule is CC1(C)c2ccccc2-c2ccc(N(c3ccc4c(c3)C(C)(C)c3ccccc3-4)c3c(-c4ccccc4)c4c(c5ccccc35)C3(c5ccccc5-c5ccccc53)c3ccccc3-4)cc21. The van der Waals surface area contributed by atoms with Crippen molar-refractivity contribution in [1.82, 2.24) is 0 Å². The molecule has 0 unspecified atom stereocenters. The maximum absolute atomic E-state index is 2.63. The Morgan fingerprint density at radius 3 is 1.20 bits per heavy atom.